The van der Waals surface area contributed by atoms with Gasteiger partial charge < -0.3 is 0 Å². The molecule has 11 heteroatoms. The van der Waals surface area contributed by atoms with E-state index in [4.69, 9.17) is 11.6 Å². The van der Waals surface area contributed by atoms with Gasteiger partial charge in [0.05, 0.1) is 28.1 Å². The van der Waals surface area contributed by atoms with E-state index in [0.29, 0.717) is 27.5 Å². The van der Waals surface area contributed by atoms with Crippen molar-refractivity contribution in [3.63, 3.8) is 0 Å². The van der Waals surface area contributed by atoms with Gasteiger partial charge in [-0.15, -0.1) is 0 Å². The number of nitrogens with one attached hydrogen (secondary N) is 1. The lowest BCUT2D eigenvalue weighted by atomic mass is 9.98. The summed E-state index contributed by atoms with van der Waals surface area (Å²) in [6.45, 7) is 1.52. The molecule has 1 heterocycles. The average molecular weight is 522 g/mol. The van der Waals surface area contributed by atoms with Gasteiger partial charge in [0.1, 0.15) is 5.82 Å². The van der Waals surface area contributed by atoms with Gasteiger partial charge in [-0.25, -0.2) is 12.8 Å². The molecule has 3 aromatic rings. The Balaban J connectivity index is 1.82. The number of sulfonamides is 2. The van der Waals surface area contributed by atoms with Crippen molar-refractivity contribution in [3.05, 3.63) is 94.8 Å². The van der Waals surface area contributed by atoms with Crippen LogP contribution in [0.4, 0.5) is 10.1 Å². The van der Waals surface area contributed by atoms with Crippen LogP contribution in [0.2, 0.25) is 5.02 Å². The van der Waals surface area contributed by atoms with Gasteiger partial charge in [-0.1, -0.05) is 41.9 Å². The van der Waals surface area contributed by atoms with Gasteiger partial charge >= 0.3 is 0 Å². The Morgan fingerprint density at radius 1 is 1.00 bits per heavy atom. The zero-order chi connectivity index (χ0) is 24.5. The number of halogens is 2. The summed E-state index contributed by atoms with van der Waals surface area (Å²) in [5.74, 6) is -0.572. The summed E-state index contributed by atoms with van der Waals surface area (Å²) in [5, 5.41) is 4.81. The molecule has 3 aromatic carbocycles. The zero-order valence-corrected chi connectivity index (χ0v) is 20.4. The Hall–Kier alpha value is -2.95. The molecule has 1 N–H and O–H groups in total. The minimum Gasteiger partial charge on any atom is -0.283 e. The number of para-hydroxylation sites is 1. The van der Waals surface area contributed by atoms with Crippen molar-refractivity contribution in [2.24, 2.45) is 5.10 Å². The Morgan fingerprint density at radius 3 is 2.29 bits per heavy atom. The standard InChI is InChI=1S/C23H21ClFN3O4S2/c1-2-33(29,30)27-21-6-4-3-5-20(21)22-15-23(16-7-11-18(25)12-8-16)28(26-22)34(31,32)19-13-9-17(24)10-14-19/h3-14,23,27H,2,15H2,1H3/t23-/m0/s1. The minimum absolute atomic E-state index is 0.00557. The van der Waals surface area contributed by atoms with Crippen molar-refractivity contribution in [2.75, 3.05) is 10.5 Å². The second kappa shape index (κ2) is 9.36. The molecule has 178 valence electrons. The molecular formula is C23H21ClFN3O4S2. The van der Waals surface area contributed by atoms with Crippen molar-refractivity contribution in [1.82, 2.24) is 4.41 Å². The minimum atomic E-state index is -4.10. The van der Waals surface area contributed by atoms with E-state index in [-0.39, 0.29) is 17.1 Å². The van der Waals surface area contributed by atoms with Crippen LogP contribution in [0.1, 0.15) is 30.5 Å². The van der Waals surface area contributed by atoms with Crippen LogP contribution in [0.25, 0.3) is 0 Å². The van der Waals surface area contributed by atoms with Crippen LogP contribution in [-0.2, 0) is 20.0 Å². The van der Waals surface area contributed by atoms with Gasteiger partial charge in [0.15, 0.2) is 0 Å². The van der Waals surface area contributed by atoms with Crippen LogP contribution >= 0.6 is 11.6 Å². The molecule has 4 rings (SSSR count). The number of anilines is 1. The van der Waals surface area contributed by atoms with Crippen molar-refractivity contribution in [2.45, 2.75) is 24.3 Å². The van der Waals surface area contributed by atoms with Crippen molar-refractivity contribution in [1.29, 1.82) is 0 Å². The first-order chi connectivity index (χ1) is 16.1. The molecule has 0 aromatic heterocycles. The van der Waals surface area contributed by atoms with E-state index in [1.54, 1.807) is 24.3 Å². The molecule has 0 radical (unpaired) electrons. The number of nitrogens with zero attached hydrogens (tertiary/aromatic N) is 2. The molecular weight excluding hydrogens is 501 g/mol. The summed E-state index contributed by atoms with van der Waals surface area (Å²) in [6, 6.07) is 17.1. The van der Waals surface area contributed by atoms with E-state index in [0.717, 1.165) is 4.41 Å². The summed E-state index contributed by atoms with van der Waals surface area (Å²) in [6.07, 6.45) is 0.156. The summed E-state index contributed by atoms with van der Waals surface area (Å²) in [4.78, 5) is -0.00557. The molecule has 0 fully saturated rings. The highest BCUT2D eigenvalue weighted by atomic mass is 35.5. The van der Waals surface area contributed by atoms with E-state index in [9.17, 15) is 21.2 Å². The second-order valence-electron chi connectivity index (χ2n) is 7.60. The highest BCUT2D eigenvalue weighted by molar-refractivity contribution is 7.92. The van der Waals surface area contributed by atoms with Crippen LogP contribution in [0, 0.1) is 5.82 Å². The number of hydrogen-bond acceptors (Lipinski definition) is 5. The van der Waals surface area contributed by atoms with Gasteiger partial charge in [-0.3, -0.25) is 4.72 Å². The van der Waals surface area contributed by atoms with Crippen LogP contribution in [0.3, 0.4) is 0 Å². The van der Waals surface area contributed by atoms with Crippen molar-refractivity contribution in [3.8, 4) is 0 Å². The van der Waals surface area contributed by atoms with Gasteiger partial charge in [-0.2, -0.15) is 17.9 Å². The first kappa shape index (κ1) is 24.2. The molecule has 0 amide bonds. The van der Waals surface area contributed by atoms with Crippen LogP contribution in [0.5, 0.6) is 0 Å². The van der Waals surface area contributed by atoms with Gasteiger partial charge in [-0.05, 0) is 55.0 Å². The largest absolute Gasteiger partial charge is 0.283 e. The average Bonchev–Trinajstić information content (AvgIpc) is 3.26. The molecule has 1 aliphatic rings. The molecule has 7 nitrogen and oxygen atoms in total. The van der Waals surface area contributed by atoms with E-state index >= 15 is 0 Å². The monoisotopic (exact) mass is 521 g/mol. The van der Waals surface area contributed by atoms with Gasteiger partial charge in [0, 0.05) is 17.0 Å². The fourth-order valence-electron chi connectivity index (χ4n) is 3.58. The third-order valence-electron chi connectivity index (χ3n) is 5.37. The number of benzene rings is 3. The predicted molar refractivity (Wildman–Crippen MR) is 130 cm³/mol. The van der Waals surface area contributed by atoms with E-state index in [2.05, 4.69) is 9.82 Å². The lowest BCUT2D eigenvalue weighted by Crippen LogP contribution is -2.27. The first-order valence-electron chi connectivity index (χ1n) is 10.3. The van der Waals surface area contributed by atoms with Crippen LogP contribution in [-0.4, -0.2) is 32.7 Å². The maximum atomic E-state index is 13.6. The number of hydrazone groups is 1. The maximum Gasteiger partial charge on any atom is 0.279 e. The fourth-order valence-corrected chi connectivity index (χ4v) is 5.80. The molecule has 1 atom stereocenters. The fraction of sp³-hybridized carbons (Fsp3) is 0.174. The number of hydrogen-bond donors (Lipinski definition) is 1. The van der Waals surface area contributed by atoms with Crippen LogP contribution < -0.4 is 4.72 Å². The zero-order valence-electron chi connectivity index (χ0n) is 18.0. The Bertz CT molecular complexity index is 1440. The normalized spacial score (nSPS) is 16.4. The summed E-state index contributed by atoms with van der Waals surface area (Å²) < 4.78 is 68.5. The van der Waals surface area contributed by atoms with Crippen molar-refractivity contribution < 1.29 is 21.2 Å². The molecule has 34 heavy (non-hydrogen) atoms. The summed E-state index contributed by atoms with van der Waals surface area (Å²) in [5.41, 5.74) is 1.68. The smallest absolute Gasteiger partial charge is 0.279 e. The van der Waals surface area contributed by atoms with E-state index in [1.165, 1.54) is 55.5 Å². The second-order valence-corrected chi connectivity index (χ2v) is 11.8. The highest BCUT2D eigenvalue weighted by Gasteiger charge is 2.38. The molecule has 0 bridgehead atoms. The third kappa shape index (κ3) is 4.94. The Labute approximate surface area is 203 Å². The third-order valence-corrected chi connectivity index (χ3v) is 8.61. The molecule has 0 spiro atoms. The predicted octanol–water partition coefficient (Wildman–Crippen LogP) is 4.78. The summed E-state index contributed by atoms with van der Waals surface area (Å²) in [7, 11) is -7.68. The SMILES string of the molecule is CCS(=O)(=O)Nc1ccccc1C1=NN(S(=O)(=O)c2ccc(Cl)cc2)[C@H](c2ccc(F)cc2)C1. The number of rotatable bonds is 7. The van der Waals surface area contributed by atoms with Crippen molar-refractivity contribution >= 4 is 43.0 Å². The maximum absolute atomic E-state index is 13.6. The van der Waals surface area contributed by atoms with E-state index in [1.807, 2.05) is 0 Å². The Morgan fingerprint density at radius 2 is 1.65 bits per heavy atom. The first-order valence-corrected chi connectivity index (χ1v) is 13.8. The van der Waals surface area contributed by atoms with Gasteiger partial charge in [0.25, 0.3) is 10.0 Å². The molecule has 0 saturated carbocycles. The van der Waals surface area contributed by atoms with Crippen LogP contribution in [0.15, 0.2) is 82.8 Å². The molecule has 0 saturated heterocycles. The lowest BCUT2D eigenvalue weighted by molar-refractivity contribution is 0.371. The quantitative estimate of drug-likeness (QED) is 0.484. The molecule has 1 aliphatic heterocycles. The molecule has 0 unspecified atom stereocenters. The molecule has 0 aliphatic carbocycles. The van der Waals surface area contributed by atoms with E-state index < -0.39 is 31.9 Å². The lowest BCUT2D eigenvalue weighted by Gasteiger charge is -2.23. The summed E-state index contributed by atoms with van der Waals surface area (Å²) >= 11 is 5.92. The van der Waals surface area contributed by atoms with Gasteiger partial charge in [0.2, 0.25) is 10.0 Å². The highest BCUT2D eigenvalue weighted by Crippen LogP contribution is 2.38. The topological polar surface area (TPSA) is 95.9 Å². The Kier molecular flexibility index (Phi) is 6.66.